The van der Waals surface area contributed by atoms with Gasteiger partial charge in [0.05, 0.1) is 25.4 Å². The molecule has 4 heterocycles. The number of rotatable bonds is 8. The van der Waals surface area contributed by atoms with Crippen molar-refractivity contribution in [1.29, 1.82) is 0 Å². The first kappa shape index (κ1) is 40.1. The number of Topliss-reactive ketones (excluding diaryl/α,β-unsaturated/α-hetero) is 1. The van der Waals surface area contributed by atoms with Crippen LogP contribution in [0.25, 0.3) is 0 Å². The lowest BCUT2D eigenvalue weighted by Gasteiger charge is -2.38. The first-order chi connectivity index (χ1) is 22.4. The molecule has 2 aromatic heterocycles. The Morgan fingerprint density at radius 1 is 0.896 bits per heavy atom. The number of nitrogen functional groups attached to an aromatic ring is 2. The summed E-state index contributed by atoms with van der Waals surface area (Å²) < 4.78 is 20.7. The third kappa shape index (κ3) is 9.26. The van der Waals surface area contributed by atoms with Crippen molar-refractivity contribution in [3.8, 4) is 0 Å². The Kier molecular flexibility index (Phi) is 15.1. The minimum atomic E-state index is -0.211. The lowest BCUT2D eigenvalue weighted by molar-refractivity contribution is -0.127. The molecule has 7 N–H and O–H groups in total. The first-order valence-electron chi connectivity index (χ1n) is 17.4. The normalized spacial score (nSPS) is 29.6. The number of anilines is 2. The second-order valence-electron chi connectivity index (χ2n) is 14.3. The van der Waals surface area contributed by atoms with E-state index in [2.05, 4.69) is 61.3 Å². The first-order valence-corrected chi connectivity index (χ1v) is 18.3. The molecule has 0 radical (unpaired) electrons. The summed E-state index contributed by atoms with van der Waals surface area (Å²) >= 11 is 0.834. The van der Waals surface area contributed by atoms with E-state index in [4.69, 9.17) is 25.5 Å². The number of fused-ring (bicyclic) bond motifs is 2. The average Bonchev–Trinajstić information content (AvgIpc) is 3.40. The molecule has 2 aliphatic carbocycles. The van der Waals surface area contributed by atoms with Crippen molar-refractivity contribution >= 4 is 29.5 Å². The van der Waals surface area contributed by atoms with Gasteiger partial charge in [-0.05, 0) is 88.1 Å². The van der Waals surface area contributed by atoms with Gasteiger partial charge in [-0.1, -0.05) is 39.8 Å². The van der Waals surface area contributed by atoms with Crippen LogP contribution in [0.4, 0.5) is 11.6 Å². The highest BCUT2D eigenvalue weighted by Gasteiger charge is 2.63. The van der Waals surface area contributed by atoms with E-state index >= 15 is 0 Å². The molecule has 2 aromatic rings. The maximum absolute atomic E-state index is 11.8. The predicted octanol–water partition coefficient (Wildman–Crippen LogP) is 5.43. The maximum atomic E-state index is 11.8. The van der Waals surface area contributed by atoms with Gasteiger partial charge in [0.15, 0.2) is 0 Å². The molecular weight excluding hydrogens is 629 g/mol. The zero-order valence-corrected chi connectivity index (χ0v) is 30.7. The monoisotopic (exact) mass is 688 g/mol. The molecule has 12 heteroatoms. The summed E-state index contributed by atoms with van der Waals surface area (Å²) in [6.45, 7) is 18.9. The molecule has 2 bridgehead atoms. The minimum Gasteiger partial charge on any atom is -0.412 e. The largest absolute Gasteiger partial charge is 0.412 e. The molecule has 2 aliphatic heterocycles. The van der Waals surface area contributed by atoms with E-state index in [-0.39, 0.29) is 28.5 Å². The van der Waals surface area contributed by atoms with Gasteiger partial charge in [-0.3, -0.25) is 14.6 Å². The Bertz CT molecular complexity index is 1200. The van der Waals surface area contributed by atoms with E-state index in [0.29, 0.717) is 41.2 Å². The van der Waals surface area contributed by atoms with Crippen LogP contribution in [0.5, 0.6) is 0 Å². The number of pyridine rings is 2. The summed E-state index contributed by atoms with van der Waals surface area (Å²) in [7, 11) is 0. The zero-order valence-electron chi connectivity index (χ0n) is 29.9. The Morgan fingerprint density at radius 3 is 1.71 bits per heavy atom. The third-order valence-corrected chi connectivity index (χ3v) is 11.6. The quantitative estimate of drug-likeness (QED) is 0.302. The van der Waals surface area contributed by atoms with E-state index in [1.165, 1.54) is 19.3 Å². The summed E-state index contributed by atoms with van der Waals surface area (Å²) in [5.41, 5.74) is 13.3. The van der Waals surface area contributed by atoms with Gasteiger partial charge in [-0.25, -0.2) is 9.97 Å². The molecule has 11 nitrogen and oxygen atoms in total. The van der Waals surface area contributed by atoms with Crippen LogP contribution in [0.1, 0.15) is 97.0 Å². The highest BCUT2D eigenvalue weighted by atomic mass is 32.2. The van der Waals surface area contributed by atoms with Gasteiger partial charge in [0.1, 0.15) is 17.4 Å². The number of hydrogen-bond acceptors (Lipinski definition) is 11. The number of nitrogens with two attached hydrogens (primary N) is 2. The fourth-order valence-corrected chi connectivity index (χ4v) is 8.54. The van der Waals surface area contributed by atoms with Gasteiger partial charge in [0.2, 0.25) is 0 Å². The highest BCUT2D eigenvalue weighted by Crippen LogP contribution is 2.64. The molecule has 0 aromatic carbocycles. The zero-order chi connectivity index (χ0) is 34.2. The van der Waals surface area contributed by atoms with Gasteiger partial charge in [0.25, 0.3) is 0 Å². The SMILES string of the molecule is CC1(C)C2CCC1(CSO)C(=O)C2.CCCN1CC(c2ccc(N)nc2)OC[C@@H]1C.CCCN1C[C@@H](c2ccc(N)nc2)OC[C@@H]1C.O. The molecule has 270 valence electrons. The van der Waals surface area contributed by atoms with Gasteiger partial charge >= 0.3 is 0 Å². The van der Waals surface area contributed by atoms with E-state index in [1.54, 1.807) is 0 Å². The number of ether oxygens (including phenoxy) is 2. The Balaban J connectivity index is 0.000000195. The van der Waals surface area contributed by atoms with Gasteiger partial charge in [0, 0.05) is 66.3 Å². The molecule has 0 spiro atoms. The molecule has 4 aliphatic rings. The molecular formula is C36H60N6O5S. The van der Waals surface area contributed by atoms with Crippen LogP contribution in [0, 0.1) is 16.7 Å². The number of nitrogens with zero attached hydrogens (tertiary/aromatic N) is 4. The van der Waals surface area contributed by atoms with Crippen molar-refractivity contribution in [2.75, 3.05) is 56.6 Å². The van der Waals surface area contributed by atoms with Crippen LogP contribution in [-0.2, 0) is 14.3 Å². The predicted molar refractivity (Wildman–Crippen MR) is 195 cm³/mol. The summed E-state index contributed by atoms with van der Waals surface area (Å²) in [5, 5.41) is 0. The fourth-order valence-electron chi connectivity index (χ4n) is 7.65. The maximum Gasteiger partial charge on any atom is 0.140 e. The number of carbonyl (C=O) groups is 1. The van der Waals surface area contributed by atoms with Crippen LogP contribution in [0.3, 0.4) is 0 Å². The Labute approximate surface area is 292 Å². The number of aromatic nitrogens is 2. The number of carbonyl (C=O) groups excluding carboxylic acids is 1. The van der Waals surface area contributed by atoms with Crippen molar-refractivity contribution in [2.45, 2.75) is 97.9 Å². The van der Waals surface area contributed by atoms with Gasteiger partial charge < -0.3 is 31.0 Å². The van der Waals surface area contributed by atoms with Crippen molar-refractivity contribution < 1.29 is 24.3 Å². The molecule has 0 amide bonds. The summed E-state index contributed by atoms with van der Waals surface area (Å²) in [4.78, 5) is 25.0. The molecule has 2 saturated carbocycles. The third-order valence-electron chi connectivity index (χ3n) is 11.0. The van der Waals surface area contributed by atoms with E-state index in [0.717, 1.165) is 75.4 Å². The standard InChI is InChI=1S/2C13H21N3O.C10H16O2S.H2O/c2*1-3-6-16-8-12(17-9-10(16)2)11-4-5-13(14)15-7-11;1-9(2)7-3-4-10(9,6-13-12)8(11)5-7;/h2*4-5,7,10,12H,3,6,8-9H2,1-2H3,(H2,14,15);7,12H,3-6H2,1-2H3;1H2/t10-,12?;10-,12-;;/m00../s1. The minimum absolute atomic E-state index is 0. The van der Waals surface area contributed by atoms with E-state index in [1.807, 2.05) is 36.7 Å². The molecule has 2 saturated heterocycles. The molecule has 3 unspecified atom stereocenters. The van der Waals surface area contributed by atoms with Crippen LogP contribution < -0.4 is 11.5 Å². The molecule has 48 heavy (non-hydrogen) atoms. The van der Waals surface area contributed by atoms with E-state index in [9.17, 15) is 4.79 Å². The summed E-state index contributed by atoms with van der Waals surface area (Å²) in [6, 6.07) is 8.70. The number of hydrogen-bond donors (Lipinski definition) is 3. The highest BCUT2D eigenvalue weighted by molar-refractivity contribution is 7.93. The second kappa shape index (κ2) is 18.1. The molecule has 6 rings (SSSR count). The van der Waals surface area contributed by atoms with Crippen molar-refractivity contribution in [3.05, 3.63) is 47.8 Å². The van der Waals surface area contributed by atoms with Gasteiger partial charge in [-0.2, -0.15) is 0 Å². The van der Waals surface area contributed by atoms with E-state index < -0.39 is 0 Å². The summed E-state index contributed by atoms with van der Waals surface area (Å²) in [6.07, 6.45) is 9.15. The average molecular weight is 689 g/mol. The second-order valence-corrected chi connectivity index (χ2v) is 14.9. The fraction of sp³-hybridized carbons (Fsp3) is 0.694. The van der Waals surface area contributed by atoms with Gasteiger partial charge in [-0.15, -0.1) is 0 Å². The summed E-state index contributed by atoms with van der Waals surface area (Å²) in [5.74, 6) is 2.66. The topological polar surface area (TPSA) is 172 Å². The van der Waals surface area contributed by atoms with Crippen molar-refractivity contribution in [3.63, 3.8) is 0 Å². The lowest BCUT2D eigenvalue weighted by Crippen LogP contribution is -2.45. The molecule has 4 fully saturated rings. The number of morpholine rings is 2. The van der Waals surface area contributed by atoms with Crippen LogP contribution in [-0.4, -0.2) is 92.8 Å². The number of ketones is 1. The van der Waals surface area contributed by atoms with Crippen LogP contribution in [0.2, 0.25) is 0 Å². The van der Waals surface area contributed by atoms with Crippen molar-refractivity contribution in [1.82, 2.24) is 19.8 Å². The smallest absolute Gasteiger partial charge is 0.140 e. The Morgan fingerprint density at radius 2 is 1.38 bits per heavy atom. The molecule has 6 atom stereocenters. The lowest BCUT2D eigenvalue weighted by atomic mass is 9.70. The van der Waals surface area contributed by atoms with Crippen molar-refractivity contribution in [2.24, 2.45) is 16.7 Å². The Hall–Kier alpha value is -2.32. The van der Waals surface area contributed by atoms with Crippen LogP contribution >= 0.6 is 12.0 Å². The van der Waals surface area contributed by atoms with Crippen LogP contribution in [0.15, 0.2) is 36.7 Å².